The summed E-state index contributed by atoms with van der Waals surface area (Å²) in [6.07, 6.45) is 0. The SMILES string of the molecule is CN1CCN(C)C(COC=O)C1. The van der Waals surface area contributed by atoms with Gasteiger partial charge in [-0.25, -0.2) is 0 Å². The van der Waals surface area contributed by atoms with Gasteiger partial charge in [0, 0.05) is 19.6 Å². The van der Waals surface area contributed by atoms with Crippen molar-refractivity contribution in [1.29, 1.82) is 0 Å². The first-order valence-corrected chi connectivity index (χ1v) is 4.18. The maximum atomic E-state index is 9.98. The zero-order valence-corrected chi connectivity index (χ0v) is 7.69. The molecular weight excluding hydrogens is 156 g/mol. The number of piperazine rings is 1. The van der Waals surface area contributed by atoms with E-state index in [0.717, 1.165) is 19.6 Å². The van der Waals surface area contributed by atoms with Crippen molar-refractivity contribution in [2.45, 2.75) is 6.04 Å². The highest BCUT2D eigenvalue weighted by molar-refractivity contribution is 5.36. The number of carbonyl (C=O) groups is 1. The Morgan fingerprint density at radius 2 is 2.25 bits per heavy atom. The Hall–Kier alpha value is -0.610. The zero-order valence-electron chi connectivity index (χ0n) is 7.69. The van der Waals surface area contributed by atoms with Crippen molar-refractivity contribution >= 4 is 6.47 Å². The fourth-order valence-corrected chi connectivity index (χ4v) is 1.43. The molecule has 1 rings (SSSR count). The van der Waals surface area contributed by atoms with Crippen LogP contribution in [0.15, 0.2) is 0 Å². The lowest BCUT2D eigenvalue weighted by Crippen LogP contribution is -2.51. The van der Waals surface area contributed by atoms with Crippen LogP contribution in [0.4, 0.5) is 0 Å². The van der Waals surface area contributed by atoms with Gasteiger partial charge in [-0.15, -0.1) is 0 Å². The average Bonchev–Trinajstić information content (AvgIpc) is 2.07. The molecule has 0 aliphatic carbocycles. The number of rotatable bonds is 3. The quantitative estimate of drug-likeness (QED) is 0.532. The number of ether oxygens (including phenoxy) is 1. The van der Waals surface area contributed by atoms with E-state index >= 15 is 0 Å². The second-order valence-electron chi connectivity index (χ2n) is 3.33. The molecule has 0 saturated carbocycles. The predicted molar refractivity (Wildman–Crippen MR) is 45.9 cm³/mol. The molecule has 70 valence electrons. The smallest absolute Gasteiger partial charge is 0.293 e. The molecule has 0 aromatic rings. The molecule has 1 atom stereocenters. The lowest BCUT2D eigenvalue weighted by molar-refractivity contribution is -0.130. The van der Waals surface area contributed by atoms with Crippen LogP contribution in [-0.4, -0.2) is 62.7 Å². The van der Waals surface area contributed by atoms with Crippen LogP contribution in [0, 0.1) is 0 Å². The van der Waals surface area contributed by atoms with Crippen molar-refractivity contribution in [2.24, 2.45) is 0 Å². The van der Waals surface area contributed by atoms with Crippen LogP contribution in [-0.2, 0) is 9.53 Å². The van der Waals surface area contributed by atoms with Gasteiger partial charge in [-0.1, -0.05) is 0 Å². The molecule has 1 saturated heterocycles. The standard InChI is InChI=1S/C8H16N2O2/c1-9-3-4-10(2)8(5-9)6-12-7-11/h7-8H,3-6H2,1-2H3. The Morgan fingerprint density at radius 3 is 2.92 bits per heavy atom. The molecule has 1 aliphatic heterocycles. The van der Waals surface area contributed by atoms with Crippen molar-refractivity contribution < 1.29 is 9.53 Å². The summed E-state index contributed by atoms with van der Waals surface area (Å²) in [5, 5.41) is 0. The summed E-state index contributed by atoms with van der Waals surface area (Å²) in [7, 11) is 4.15. The molecule has 1 aliphatic rings. The van der Waals surface area contributed by atoms with Gasteiger partial charge >= 0.3 is 0 Å². The lowest BCUT2D eigenvalue weighted by atomic mass is 10.2. The molecular formula is C8H16N2O2. The first kappa shape index (κ1) is 9.48. The van der Waals surface area contributed by atoms with Gasteiger partial charge < -0.3 is 9.64 Å². The Bertz CT molecular complexity index is 152. The summed E-state index contributed by atoms with van der Waals surface area (Å²) in [6, 6.07) is 0.356. The third-order valence-corrected chi connectivity index (χ3v) is 2.34. The van der Waals surface area contributed by atoms with E-state index in [4.69, 9.17) is 4.74 Å². The van der Waals surface area contributed by atoms with Gasteiger partial charge in [-0.3, -0.25) is 9.69 Å². The predicted octanol–water partition coefficient (Wildman–Crippen LogP) is -0.595. The highest BCUT2D eigenvalue weighted by Crippen LogP contribution is 2.05. The van der Waals surface area contributed by atoms with Gasteiger partial charge in [-0.2, -0.15) is 0 Å². The van der Waals surface area contributed by atoms with Crippen molar-refractivity contribution in [3.8, 4) is 0 Å². The highest BCUT2D eigenvalue weighted by Gasteiger charge is 2.21. The summed E-state index contributed by atoms with van der Waals surface area (Å²) in [5.74, 6) is 0. The van der Waals surface area contributed by atoms with Gasteiger partial charge in [0.1, 0.15) is 6.61 Å². The van der Waals surface area contributed by atoms with E-state index in [0.29, 0.717) is 19.1 Å². The molecule has 1 fully saturated rings. The van der Waals surface area contributed by atoms with Gasteiger partial charge in [0.2, 0.25) is 0 Å². The van der Waals surface area contributed by atoms with Crippen LogP contribution in [0.5, 0.6) is 0 Å². The molecule has 4 nitrogen and oxygen atoms in total. The zero-order chi connectivity index (χ0) is 8.97. The van der Waals surface area contributed by atoms with E-state index < -0.39 is 0 Å². The summed E-state index contributed by atoms with van der Waals surface area (Å²) < 4.78 is 4.74. The van der Waals surface area contributed by atoms with Crippen LogP contribution >= 0.6 is 0 Å². The van der Waals surface area contributed by atoms with Gasteiger partial charge in [-0.05, 0) is 14.1 Å². The number of carbonyl (C=O) groups excluding carboxylic acids is 1. The molecule has 0 aromatic carbocycles. The second kappa shape index (κ2) is 4.42. The van der Waals surface area contributed by atoms with Gasteiger partial charge in [0.05, 0.1) is 6.04 Å². The van der Waals surface area contributed by atoms with Crippen LogP contribution < -0.4 is 0 Å². The highest BCUT2D eigenvalue weighted by atomic mass is 16.5. The molecule has 4 heteroatoms. The van der Waals surface area contributed by atoms with E-state index in [1.54, 1.807) is 0 Å². The topological polar surface area (TPSA) is 32.8 Å². The first-order chi connectivity index (χ1) is 5.74. The van der Waals surface area contributed by atoms with Crippen molar-refractivity contribution in [3.63, 3.8) is 0 Å². The van der Waals surface area contributed by atoms with Gasteiger partial charge in [0.15, 0.2) is 0 Å². The Labute approximate surface area is 73.1 Å². The van der Waals surface area contributed by atoms with Crippen LogP contribution in [0.25, 0.3) is 0 Å². The molecule has 0 N–H and O–H groups in total. The molecule has 0 radical (unpaired) electrons. The summed E-state index contributed by atoms with van der Waals surface area (Å²) in [5.41, 5.74) is 0. The minimum Gasteiger partial charge on any atom is -0.466 e. The third kappa shape index (κ3) is 2.46. The monoisotopic (exact) mass is 172 g/mol. The van der Waals surface area contributed by atoms with E-state index in [2.05, 4.69) is 23.9 Å². The molecule has 0 amide bonds. The average molecular weight is 172 g/mol. The number of hydrogen-bond acceptors (Lipinski definition) is 4. The molecule has 0 bridgehead atoms. The van der Waals surface area contributed by atoms with Crippen LogP contribution in [0.2, 0.25) is 0 Å². The fourth-order valence-electron chi connectivity index (χ4n) is 1.43. The van der Waals surface area contributed by atoms with Crippen LogP contribution in [0.1, 0.15) is 0 Å². The minimum absolute atomic E-state index is 0.356. The number of hydrogen-bond donors (Lipinski definition) is 0. The Balaban J connectivity index is 2.32. The third-order valence-electron chi connectivity index (χ3n) is 2.34. The van der Waals surface area contributed by atoms with Crippen molar-refractivity contribution in [1.82, 2.24) is 9.80 Å². The Kier molecular flexibility index (Phi) is 3.49. The fraction of sp³-hybridized carbons (Fsp3) is 0.875. The maximum Gasteiger partial charge on any atom is 0.293 e. The molecule has 1 heterocycles. The summed E-state index contributed by atoms with van der Waals surface area (Å²) >= 11 is 0. The first-order valence-electron chi connectivity index (χ1n) is 4.18. The molecule has 0 aromatic heterocycles. The second-order valence-corrected chi connectivity index (χ2v) is 3.33. The largest absolute Gasteiger partial charge is 0.466 e. The van der Waals surface area contributed by atoms with E-state index in [1.807, 2.05) is 0 Å². The van der Waals surface area contributed by atoms with E-state index in [-0.39, 0.29) is 0 Å². The van der Waals surface area contributed by atoms with Crippen LogP contribution in [0.3, 0.4) is 0 Å². The molecule has 12 heavy (non-hydrogen) atoms. The Morgan fingerprint density at radius 1 is 1.50 bits per heavy atom. The van der Waals surface area contributed by atoms with E-state index in [1.165, 1.54) is 0 Å². The normalized spacial score (nSPS) is 27.0. The lowest BCUT2D eigenvalue weighted by Gasteiger charge is -2.36. The molecule has 0 spiro atoms. The number of likely N-dealkylation sites (N-methyl/N-ethyl adjacent to an activating group) is 2. The number of nitrogens with zero attached hydrogens (tertiary/aromatic N) is 2. The van der Waals surface area contributed by atoms with Crippen molar-refractivity contribution in [3.05, 3.63) is 0 Å². The molecule has 1 unspecified atom stereocenters. The maximum absolute atomic E-state index is 9.98. The van der Waals surface area contributed by atoms with Gasteiger partial charge in [0.25, 0.3) is 6.47 Å². The van der Waals surface area contributed by atoms with E-state index in [9.17, 15) is 4.79 Å². The van der Waals surface area contributed by atoms with Crippen molar-refractivity contribution in [2.75, 3.05) is 40.3 Å². The minimum atomic E-state index is 0.356. The summed E-state index contributed by atoms with van der Waals surface area (Å²) in [6.45, 7) is 4.13. The summed E-state index contributed by atoms with van der Waals surface area (Å²) in [4.78, 5) is 14.5.